The molecular weight excluding hydrogens is 185 g/mol. The van der Waals surface area contributed by atoms with Crippen molar-refractivity contribution >= 4 is 5.97 Å². The van der Waals surface area contributed by atoms with Gasteiger partial charge in [0, 0.05) is 12.0 Å². The molecule has 3 nitrogen and oxygen atoms in total. The molecule has 3 fully saturated rings. The molecule has 0 spiro atoms. The fourth-order valence-corrected chi connectivity index (χ4v) is 2.52. The Morgan fingerprint density at radius 1 is 1.57 bits per heavy atom. The summed E-state index contributed by atoms with van der Waals surface area (Å²) >= 11 is 0. The van der Waals surface area contributed by atoms with Gasteiger partial charge in [-0.05, 0) is 26.2 Å². The second-order valence-electron chi connectivity index (χ2n) is 4.09. The van der Waals surface area contributed by atoms with Crippen LogP contribution in [0.1, 0.15) is 26.2 Å². The van der Waals surface area contributed by atoms with E-state index in [-0.39, 0.29) is 17.9 Å². The first-order valence-corrected chi connectivity index (χ1v) is 5.29. The lowest BCUT2D eigenvalue weighted by atomic mass is 9.75. The highest BCUT2D eigenvalue weighted by Crippen LogP contribution is 2.35. The molecule has 80 valence electrons. The van der Waals surface area contributed by atoms with Gasteiger partial charge in [0.15, 0.2) is 0 Å². The lowest BCUT2D eigenvalue weighted by Gasteiger charge is -2.44. The second kappa shape index (κ2) is 3.85. The predicted octanol–water partition coefficient (Wildman–Crippen LogP) is 1.03. The van der Waals surface area contributed by atoms with Gasteiger partial charge < -0.3 is 10.1 Å². The first-order valence-electron chi connectivity index (χ1n) is 5.29. The van der Waals surface area contributed by atoms with Crippen LogP contribution in [0.15, 0.2) is 0 Å². The number of carbonyl (C=O) groups is 1. The lowest BCUT2D eigenvalue weighted by Crippen LogP contribution is -2.60. The molecule has 2 bridgehead atoms. The molecule has 0 amide bonds. The minimum absolute atomic E-state index is 0.168. The molecule has 2 aliphatic heterocycles. The van der Waals surface area contributed by atoms with E-state index in [1.807, 2.05) is 0 Å². The summed E-state index contributed by atoms with van der Waals surface area (Å²) in [6.07, 6.45) is 1.52. The number of halogens is 1. The summed E-state index contributed by atoms with van der Waals surface area (Å²) in [4.78, 5) is 11.5. The predicted molar refractivity (Wildman–Crippen MR) is 49.6 cm³/mol. The Balaban J connectivity index is 2.03. The summed E-state index contributed by atoms with van der Waals surface area (Å²) in [6.45, 7) is 2.14. The summed E-state index contributed by atoms with van der Waals surface area (Å²) in [7, 11) is 0. The molecule has 2 saturated heterocycles. The molecule has 0 aromatic carbocycles. The van der Waals surface area contributed by atoms with Crippen LogP contribution in [-0.2, 0) is 9.53 Å². The summed E-state index contributed by atoms with van der Waals surface area (Å²) < 4.78 is 18.4. The molecule has 1 saturated carbocycles. The minimum Gasteiger partial charge on any atom is -0.465 e. The number of alkyl halides is 1. The highest BCUT2D eigenvalue weighted by atomic mass is 19.1. The van der Waals surface area contributed by atoms with Crippen LogP contribution in [0.2, 0.25) is 0 Å². The van der Waals surface area contributed by atoms with Gasteiger partial charge in [-0.2, -0.15) is 0 Å². The monoisotopic (exact) mass is 201 g/mol. The maximum atomic E-state index is 13.5. The highest BCUT2D eigenvalue weighted by molar-refractivity contribution is 5.76. The van der Waals surface area contributed by atoms with Crippen LogP contribution in [0.3, 0.4) is 0 Å². The Bertz CT molecular complexity index is 234. The van der Waals surface area contributed by atoms with Crippen LogP contribution in [0.4, 0.5) is 4.39 Å². The van der Waals surface area contributed by atoms with Gasteiger partial charge in [-0.15, -0.1) is 0 Å². The van der Waals surface area contributed by atoms with E-state index in [1.165, 1.54) is 0 Å². The number of hydrogen-bond acceptors (Lipinski definition) is 3. The first-order chi connectivity index (χ1) is 6.72. The Hall–Kier alpha value is -0.640. The number of ether oxygens (including phenoxy) is 1. The SMILES string of the molecule is CCOC(=O)[C@H]1N[C@@H]2CC[C@@H]1C(F)C2. The quantitative estimate of drug-likeness (QED) is 0.678. The van der Waals surface area contributed by atoms with E-state index in [0.29, 0.717) is 13.0 Å². The van der Waals surface area contributed by atoms with E-state index in [1.54, 1.807) is 6.92 Å². The van der Waals surface area contributed by atoms with Crippen LogP contribution in [-0.4, -0.2) is 30.8 Å². The van der Waals surface area contributed by atoms with Crippen molar-refractivity contribution < 1.29 is 13.9 Å². The number of esters is 1. The third-order valence-corrected chi connectivity index (χ3v) is 3.21. The second-order valence-corrected chi connectivity index (χ2v) is 4.09. The average Bonchev–Trinajstić information content (AvgIpc) is 2.18. The number of nitrogens with one attached hydrogen (secondary N) is 1. The summed E-state index contributed by atoms with van der Waals surface area (Å²) in [5.41, 5.74) is 0. The maximum absolute atomic E-state index is 13.5. The van der Waals surface area contributed by atoms with E-state index < -0.39 is 12.2 Å². The van der Waals surface area contributed by atoms with Gasteiger partial charge in [0.25, 0.3) is 0 Å². The normalized spacial score (nSPS) is 41.0. The van der Waals surface area contributed by atoms with Gasteiger partial charge in [-0.1, -0.05) is 0 Å². The fraction of sp³-hybridized carbons (Fsp3) is 0.900. The van der Waals surface area contributed by atoms with E-state index in [2.05, 4.69) is 5.32 Å². The third-order valence-electron chi connectivity index (χ3n) is 3.21. The van der Waals surface area contributed by atoms with Crippen molar-refractivity contribution in [2.24, 2.45) is 5.92 Å². The van der Waals surface area contributed by atoms with Crippen molar-refractivity contribution in [3.63, 3.8) is 0 Å². The van der Waals surface area contributed by atoms with Crippen LogP contribution in [0.25, 0.3) is 0 Å². The van der Waals surface area contributed by atoms with Gasteiger partial charge in [0.1, 0.15) is 12.2 Å². The zero-order chi connectivity index (χ0) is 10.1. The van der Waals surface area contributed by atoms with Crippen LogP contribution >= 0.6 is 0 Å². The molecule has 4 atom stereocenters. The van der Waals surface area contributed by atoms with Crippen LogP contribution in [0, 0.1) is 5.92 Å². The zero-order valence-electron chi connectivity index (χ0n) is 8.33. The molecule has 1 aliphatic carbocycles. The van der Waals surface area contributed by atoms with E-state index in [0.717, 1.165) is 12.8 Å². The number of fused-ring (bicyclic) bond motifs is 3. The van der Waals surface area contributed by atoms with Crippen molar-refractivity contribution in [1.29, 1.82) is 0 Å². The molecule has 3 aliphatic rings. The van der Waals surface area contributed by atoms with Gasteiger partial charge in [-0.25, -0.2) is 4.39 Å². The third kappa shape index (κ3) is 1.63. The lowest BCUT2D eigenvalue weighted by molar-refractivity contribution is -0.151. The van der Waals surface area contributed by atoms with E-state index >= 15 is 0 Å². The Kier molecular flexibility index (Phi) is 2.72. The van der Waals surface area contributed by atoms with Crippen molar-refractivity contribution in [2.75, 3.05) is 6.61 Å². The standard InChI is InChI=1S/C10H16FNO2/c1-2-14-10(13)9-7-4-3-6(12-9)5-8(7)11/h6-9,12H,2-5H2,1H3/t6-,7-,8?,9+/m1/s1. The molecule has 0 aromatic heterocycles. The first kappa shape index (κ1) is 9.90. The Morgan fingerprint density at radius 3 is 2.93 bits per heavy atom. The molecular formula is C10H16FNO2. The van der Waals surface area contributed by atoms with Crippen molar-refractivity contribution in [3.05, 3.63) is 0 Å². The summed E-state index contributed by atoms with van der Waals surface area (Å²) in [6, 6.07) is -0.234. The number of piperidine rings is 2. The highest BCUT2D eigenvalue weighted by Gasteiger charge is 2.45. The maximum Gasteiger partial charge on any atom is 0.323 e. The molecule has 0 radical (unpaired) electrons. The van der Waals surface area contributed by atoms with Gasteiger partial charge in [0.05, 0.1) is 6.61 Å². The molecule has 4 heteroatoms. The molecule has 3 rings (SSSR count). The smallest absolute Gasteiger partial charge is 0.323 e. The molecule has 2 heterocycles. The zero-order valence-corrected chi connectivity index (χ0v) is 8.33. The van der Waals surface area contributed by atoms with Crippen molar-refractivity contribution in [2.45, 2.75) is 44.4 Å². The fourth-order valence-electron chi connectivity index (χ4n) is 2.52. The molecule has 1 unspecified atom stereocenters. The largest absolute Gasteiger partial charge is 0.465 e. The summed E-state index contributed by atoms with van der Waals surface area (Å²) in [5.74, 6) is -0.455. The topological polar surface area (TPSA) is 38.3 Å². The number of rotatable bonds is 2. The number of carbonyl (C=O) groups excluding carboxylic acids is 1. The van der Waals surface area contributed by atoms with Crippen LogP contribution in [0.5, 0.6) is 0 Å². The molecule has 14 heavy (non-hydrogen) atoms. The van der Waals surface area contributed by atoms with E-state index in [4.69, 9.17) is 4.74 Å². The minimum atomic E-state index is -0.829. The van der Waals surface area contributed by atoms with Crippen LogP contribution < -0.4 is 5.32 Å². The van der Waals surface area contributed by atoms with Crippen molar-refractivity contribution in [3.8, 4) is 0 Å². The Morgan fingerprint density at radius 2 is 2.36 bits per heavy atom. The Labute approximate surface area is 83.0 Å². The van der Waals surface area contributed by atoms with Gasteiger partial charge in [-0.3, -0.25) is 4.79 Å². The number of hydrogen-bond donors (Lipinski definition) is 1. The average molecular weight is 201 g/mol. The summed E-state index contributed by atoms with van der Waals surface area (Å²) in [5, 5.41) is 3.15. The molecule has 1 N–H and O–H groups in total. The van der Waals surface area contributed by atoms with Crippen molar-refractivity contribution in [1.82, 2.24) is 5.32 Å². The van der Waals surface area contributed by atoms with E-state index in [9.17, 15) is 9.18 Å². The molecule has 0 aromatic rings. The van der Waals surface area contributed by atoms with Gasteiger partial charge >= 0.3 is 5.97 Å². The van der Waals surface area contributed by atoms with Gasteiger partial charge in [0.2, 0.25) is 0 Å².